The molecule has 0 aromatic rings. The second-order valence-electron chi connectivity index (χ2n) is 5.85. The van der Waals surface area contributed by atoms with E-state index >= 15 is 0 Å². The van der Waals surface area contributed by atoms with Gasteiger partial charge in [-0.25, -0.2) is 0 Å². The van der Waals surface area contributed by atoms with Crippen molar-refractivity contribution in [2.24, 2.45) is 23.7 Å². The quantitative estimate of drug-likeness (QED) is 0.655. The van der Waals surface area contributed by atoms with Crippen molar-refractivity contribution in [1.29, 1.82) is 0 Å². The third-order valence-electron chi connectivity index (χ3n) is 4.48. The third kappa shape index (κ3) is 2.13. The highest BCUT2D eigenvalue weighted by Gasteiger charge is 2.39. The molecule has 0 unspecified atom stereocenters. The van der Waals surface area contributed by atoms with E-state index in [9.17, 15) is 5.11 Å². The van der Waals surface area contributed by atoms with Crippen LogP contribution in [0.1, 0.15) is 46.5 Å². The van der Waals surface area contributed by atoms with Gasteiger partial charge >= 0.3 is 0 Å². The number of aliphatic hydroxyl groups is 1. The van der Waals surface area contributed by atoms with Crippen molar-refractivity contribution >= 4 is 0 Å². The highest BCUT2D eigenvalue weighted by molar-refractivity contribution is 5.11. The van der Waals surface area contributed by atoms with Gasteiger partial charge in [-0.3, -0.25) is 0 Å². The Balaban J connectivity index is 2.20. The second kappa shape index (κ2) is 4.29. The highest BCUT2D eigenvalue weighted by Crippen LogP contribution is 2.45. The zero-order chi connectivity index (χ0) is 11.0. The van der Waals surface area contributed by atoms with E-state index in [-0.39, 0.29) is 6.10 Å². The molecule has 0 radical (unpaired) electrons. The smallest absolute Gasteiger partial charge is 0.0574 e. The largest absolute Gasteiger partial charge is 0.393 e. The number of hydrogen-bond acceptors (Lipinski definition) is 1. The van der Waals surface area contributed by atoms with Gasteiger partial charge < -0.3 is 5.11 Å². The number of allylic oxidation sites excluding steroid dienone is 2. The van der Waals surface area contributed by atoms with Gasteiger partial charge in [-0.15, -0.1) is 0 Å². The van der Waals surface area contributed by atoms with Crippen LogP contribution in [0.4, 0.5) is 0 Å². The Morgan fingerprint density at radius 3 is 2.67 bits per heavy atom. The van der Waals surface area contributed by atoms with Crippen molar-refractivity contribution in [3.63, 3.8) is 0 Å². The first-order chi connectivity index (χ1) is 7.09. The summed E-state index contributed by atoms with van der Waals surface area (Å²) in [6.07, 6.45) is 7.07. The minimum atomic E-state index is -0.0330. The molecule has 1 heteroatoms. The maximum Gasteiger partial charge on any atom is 0.0574 e. The first-order valence-electron chi connectivity index (χ1n) is 6.45. The zero-order valence-corrected chi connectivity index (χ0v) is 10.2. The summed E-state index contributed by atoms with van der Waals surface area (Å²) in [7, 11) is 0. The van der Waals surface area contributed by atoms with Crippen molar-refractivity contribution in [1.82, 2.24) is 0 Å². The lowest BCUT2D eigenvalue weighted by molar-refractivity contribution is -0.000989. The Bertz CT molecular complexity index is 254. The van der Waals surface area contributed by atoms with E-state index in [1.165, 1.54) is 24.8 Å². The highest BCUT2D eigenvalue weighted by atomic mass is 16.3. The summed E-state index contributed by atoms with van der Waals surface area (Å²) < 4.78 is 0. The van der Waals surface area contributed by atoms with Crippen molar-refractivity contribution in [2.75, 3.05) is 0 Å². The monoisotopic (exact) mass is 208 g/mol. The van der Waals surface area contributed by atoms with Gasteiger partial charge in [-0.05, 0) is 56.3 Å². The average Bonchev–Trinajstić information content (AvgIpc) is 2.17. The van der Waals surface area contributed by atoms with E-state index in [4.69, 9.17) is 0 Å². The predicted octanol–water partition coefficient (Wildman–Crippen LogP) is 3.39. The topological polar surface area (TPSA) is 20.2 Å². The van der Waals surface area contributed by atoms with Gasteiger partial charge in [0.25, 0.3) is 0 Å². The summed E-state index contributed by atoms with van der Waals surface area (Å²) in [6.45, 7) is 6.91. The van der Waals surface area contributed by atoms with Crippen LogP contribution in [-0.2, 0) is 0 Å². The number of rotatable bonds is 1. The van der Waals surface area contributed by atoms with Gasteiger partial charge in [-0.1, -0.05) is 25.5 Å². The van der Waals surface area contributed by atoms with Crippen molar-refractivity contribution in [3.8, 4) is 0 Å². The van der Waals surface area contributed by atoms with Gasteiger partial charge in [-0.2, -0.15) is 0 Å². The molecule has 0 spiro atoms. The standard InChI is InChI=1S/C14H24O/c1-9(2)11-6-7-14(15)12-5-4-10(3)8-13(11)12/h8-9,11-15H,4-7H2,1-3H3/t11-,12-,13+,14-/m0/s1. The zero-order valence-electron chi connectivity index (χ0n) is 10.2. The molecule has 0 aromatic heterocycles. The average molecular weight is 208 g/mol. The van der Waals surface area contributed by atoms with E-state index in [0.29, 0.717) is 11.8 Å². The van der Waals surface area contributed by atoms with Crippen molar-refractivity contribution in [2.45, 2.75) is 52.6 Å². The number of fused-ring (bicyclic) bond motifs is 1. The molecule has 86 valence electrons. The molecule has 0 saturated heterocycles. The maximum atomic E-state index is 10.1. The first-order valence-corrected chi connectivity index (χ1v) is 6.45. The molecule has 2 aliphatic rings. The van der Waals surface area contributed by atoms with Gasteiger partial charge in [0.15, 0.2) is 0 Å². The second-order valence-corrected chi connectivity index (χ2v) is 5.85. The van der Waals surface area contributed by atoms with Crippen LogP contribution in [0.3, 0.4) is 0 Å². The van der Waals surface area contributed by atoms with Gasteiger partial charge in [0, 0.05) is 0 Å². The molecule has 2 rings (SSSR count). The van der Waals surface area contributed by atoms with Gasteiger partial charge in [0.1, 0.15) is 0 Å². The summed E-state index contributed by atoms with van der Waals surface area (Å²) in [6, 6.07) is 0. The Kier molecular flexibility index (Phi) is 3.20. The summed E-state index contributed by atoms with van der Waals surface area (Å²) in [5.74, 6) is 2.76. The van der Waals surface area contributed by atoms with Gasteiger partial charge in [0.2, 0.25) is 0 Å². The Labute approximate surface area is 93.6 Å². The molecule has 0 bridgehead atoms. The first kappa shape index (κ1) is 11.2. The van der Waals surface area contributed by atoms with Crippen LogP contribution in [0.5, 0.6) is 0 Å². The van der Waals surface area contributed by atoms with E-state index in [2.05, 4.69) is 26.8 Å². The molecule has 0 heterocycles. The number of aliphatic hydroxyl groups excluding tert-OH is 1. The fourth-order valence-electron chi connectivity index (χ4n) is 3.56. The lowest BCUT2D eigenvalue weighted by Crippen LogP contribution is -2.40. The van der Waals surface area contributed by atoms with Crippen LogP contribution in [0.15, 0.2) is 11.6 Å². The van der Waals surface area contributed by atoms with Crippen LogP contribution < -0.4 is 0 Å². The molecule has 15 heavy (non-hydrogen) atoms. The van der Waals surface area contributed by atoms with Crippen LogP contribution in [0, 0.1) is 23.7 Å². The molecule has 2 aliphatic carbocycles. The van der Waals surface area contributed by atoms with E-state index in [0.717, 1.165) is 18.3 Å². The molecule has 1 nitrogen and oxygen atoms in total. The lowest BCUT2D eigenvalue weighted by Gasteiger charge is -2.44. The Morgan fingerprint density at radius 2 is 2.00 bits per heavy atom. The molecule has 1 saturated carbocycles. The molecule has 1 fully saturated rings. The molecular formula is C14H24O. The minimum Gasteiger partial charge on any atom is -0.393 e. The predicted molar refractivity (Wildman–Crippen MR) is 63.5 cm³/mol. The normalized spacial score (nSPS) is 41.3. The van der Waals surface area contributed by atoms with Crippen LogP contribution in [0.2, 0.25) is 0 Å². The molecule has 0 amide bonds. The molecular weight excluding hydrogens is 184 g/mol. The maximum absolute atomic E-state index is 10.1. The van der Waals surface area contributed by atoms with Crippen molar-refractivity contribution < 1.29 is 5.11 Å². The Morgan fingerprint density at radius 1 is 1.27 bits per heavy atom. The van der Waals surface area contributed by atoms with Crippen LogP contribution >= 0.6 is 0 Å². The lowest BCUT2D eigenvalue weighted by atomic mass is 9.63. The van der Waals surface area contributed by atoms with E-state index in [1.807, 2.05) is 0 Å². The van der Waals surface area contributed by atoms with Crippen molar-refractivity contribution in [3.05, 3.63) is 11.6 Å². The fourth-order valence-corrected chi connectivity index (χ4v) is 3.56. The number of hydrogen-bond donors (Lipinski definition) is 1. The van der Waals surface area contributed by atoms with Crippen LogP contribution in [-0.4, -0.2) is 11.2 Å². The SMILES string of the molecule is CC1=C[C@H]2[C@H](CC1)[C@@H](O)CC[C@H]2C(C)C. The summed E-state index contributed by atoms with van der Waals surface area (Å²) >= 11 is 0. The summed E-state index contributed by atoms with van der Waals surface area (Å²) in [4.78, 5) is 0. The molecule has 1 N–H and O–H groups in total. The molecule has 0 aromatic carbocycles. The van der Waals surface area contributed by atoms with E-state index in [1.54, 1.807) is 0 Å². The Hall–Kier alpha value is -0.300. The fraction of sp³-hybridized carbons (Fsp3) is 0.857. The minimum absolute atomic E-state index is 0.0330. The third-order valence-corrected chi connectivity index (χ3v) is 4.48. The summed E-state index contributed by atoms with van der Waals surface area (Å²) in [5.41, 5.74) is 1.54. The van der Waals surface area contributed by atoms with Crippen LogP contribution in [0.25, 0.3) is 0 Å². The van der Waals surface area contributed by atoms with Gasteiger partial charge in [0.05, 0.1) is 6.10 Å². The molecule has 0 aliphatic heterocycles. The van der Waals surface area contributed by atoms with E-state index < -0.39 is 0 Å². The molecule has 4 atom stereocenters. The summed E-state index contributed by atoms with van der Waals surface area (Å²) in [5, 5.41) is 10.1.